The second-order valence-corrected chi connectivity index (χ2v) is 3.51. The molecule has 0 unspecified atom stereocenters. The second-order valence-electron chi connectivity index (χ2n) is 3.51. The topological polar surface area (TPSA) is 58.0 Å². The van der Waals surface area contributed by atoms with Crippen molar-refractivity contribution >= 4 is 0 Å². The van der Waals surface area contributed by atoms with E-state index in [1.807, 2.05) is 19.9 Å². The number of rotatable bonds is 4. The van der Waals surface area contributed by atoms with Crippen LogP contribution in [0.4, 0.5) is 0 Å². The van der Waals surface area contributed by atoms with Crippen molar-refractivity contribution in [2.75, 3.05) is 13.2 Å². The van der Waals surface area contributed by atoms with Gasteiger partial charge in [-0.2, -0.15) is 0 Å². The van der Waals surface area contributed by atoms with Gasteiger partial charge in [0.05, 0.1) is 13.2 Å². The lowest BCUT2D eigenvalue weighted by Crippen LogP contribution is -2.02. The Bertz CT molecular complexity index is 395. The van der Waals surface area contributed by atoms with Crippen molar-refractivity contribution in [2.24, 2.45) is 5.11 Å². The zero-order chi connectivity index (χ0) is 11.3. The SMILES string of the molecule is Cc1cc(C)c(C)c(OCCN=[N+]=[N-])c1. The molecule has 0 bridgehead atoms. The van der Waals surface area contributed by atoms with Gasteiger partial charge in [0.2, 0.25) is 0 Å². The minimum atomic E-state index is 0.364. The monoisotopic (exact) mass is 205 g/mol. The lowest BCUT2D eigenvalue weighted by Gasteiger charge is -2.11. The van der Waals surface area contributed by atoms with Gasteiger partial charge in [0.25, 0.3) is 0 Å². The van der Waals surface area contributed by atoms with E-state index in [2.05, 4.69) is 23.0 Å². The van der Waals surface area contributed by atoms with Crippen molar-refractivity contribution in [3.05, 3.63) is 39.3 Å². The first-order valence-electron chi connectivity index (χ1n) is 4.86. The van der Waals surface area contributed by atoms with E-state index in [1.54, 1.807) is 0 Å². The third kappa shape index (κ3) is 3.18. The summed E-state index contributed by atoms with van der Waals surface area (Å²) in [5.74, 6) is 0.876. The van der Waals surface area contributed by atoms with Gasteiger partial charge in [-0.15, -0.1) is 0 Å². The average Bonchev–Trinajstić information content (AvgIpc) is 2.19. The van der Waals surface area contributed by atoms with Gasteiger partial charge in [0.1, 0.15) is 5.75 Å². The van der Waals surface area contributed by atoms with Gasteiger partial charge in [-0.3, -0.25) is 0 Å². The van der Waals surface area contributed by atoms with Crippen LogP contribution in [0.15, 0.2) is 17.2 Å². The van der Waals surface area contributed by atoms with Crippen LogP contribution in [0, 0.1) is 20.8 Å². The molecule has 0 saturated heterocycles. The maximum absolute atomic E-state index is 8.11. The van der Waals surface area contributed by atoms with Crippen LogP contribution in [0.2, 0.25) is 0 Å². The summed E-state index contributed by atoms with van der Waals surface area (Å²) in [7, 11) is 0. The molecule has 4 nitrogen and oxygen atoms in total. The van der Waals surface area contributed by atoms with E-state index in [0.717, 1.165) is 11.3 Å². The molecule has 4 heteroatoms. The van der Waals surface area contributed by atoms with Gasteiger partial charge in [-0.1, -0.05) is 11.2 Å². The van der Waals surface area contributed by atoms with E-state index < -0.39 is 0 Å². The fourth-order valence-electron chi connectivity index (χ4n) is 1.39. The molecule has 0 heterocycles. The van der Waals surface area contributed by atoms with Crippen LogP contribution in [-0.2, 0) is 0 Å². The van der Waals surface area contributed by atoms with E-state index in [0.29, 0.717) is 13.2 Å². The first-order valence-corrected chi connectivity index (χ1v) is 4.86. The number of hydrogen-bond donors (Lipinski definition) is 0. The number of ether oxygens (including phenoxy) is 1. The molecule has 0 aliphatic heterocycles. The summed E-state index contributed by atoms with van der Waals surface area (Å²) in [4.78, 5) is 2.67. The maximum atomic E-state index is 8.11. The highest BCUT2D eigenvalue weighted by Gasteiger charge is 2.03. The number of azide groups is 1. The molecule has 0 radical (unpaired) electrons. The largest absolute Gasteiger partial charge is 0.493 e. The van der Waals surface area contributed by atoms with E-state index in [1.165, 1.54) is 11.1 Å². The standard InChI is InChI=1S/C11H15N3O/c1-8-6-9(2)10(3)11(7-8)15-5-4-13-14-12/h6-7H,4-5H2,1-3H3. The molecule has 0 saturated carbocycles. The Kier molecular flexibility index (Phi) is 4.01. The number of hydrogen-bond acceptors (Lipinski definition) is 2. The molecular formula is C11H15N3O. The smallest absolute Gasteiger partial charge is 0.122 e. The lowest BCUT2D eigenvalue weighted by molar-refractivity contribution is 0.325. The molecule has 15 heavy (non-hydrogen) atoms. The minimum Gasteiger partial charge on any atom is -0.493 e. The van der Waals surface area contributed by atoms with Crippen molar-refractivity contribution in [3.8, 4) is 5.75 Å². The van der Waals surface area contributed by atoms with Crippen LogP contribution >= 0.6 is 0 Å². The van der Waals surface area contributed by atoms with Crippen LogP contribution in [0.3, 0.4) is 0 Å². The first-order chi connectivity index (χ1) is 7.15. The molecular weight excluding hydrogens is 190 g/mol. The van der Waals surface area contributed by atoms with Crippen molar-refractivity contribution in [3.63, 3.8) is 0 Å². The van der Waals surface area contributed by atoms with E-state index in [-0.39, 0.29) is 0 Å². The number of aryl methyl sites for hydroxylation is 2. The minimum absolute atomic E-state index is 0.364. The molecule has 0 amide bonds. The van der Waals surface area contributed by atoms with Gasteiger partial charge in [-0.05, 0) is 49.1 Å². The molecule has 0 N–H and O–H groups in total. The number of nitrogens with zero attached hydrogens (tertiary/aromatic N) is 3. The molecule has 0 atom stereocenters. The summed E-state index contributed by atoms with van der Waals surface area (Å²) in [5, 5.41) is 3.42. The molecule has 0 aliphatic rings. The maximum Gasteiger partial charge on any atom is 0.122 e. The third-order valence-corrected chi connectivity index (χ3v) is 2.28. The fourth-order valence-corrected chi connectivity index (χ4v) is 1.39. The van der Waals surface area contributed by atoms with Gasteiger partial charge in [-0.25, -0.2) is 0 Å². The van der Waals surface area contributed by atoms with Gasteiger partial charge in [0.15, 0.2) is 0 Å². The molecule has 0 aliphatic carbocycles. The number of benzene rings is 1. The third-order valence-electron chi connectivity index (χ3n) is 2.28. The summed E-state index contributed by atoms with van der Waals surface area (Å²) in [6.07, 6.45) is 0. The van der Waals surface area contributed by atoms with Crippen LogP contribution in [0.25, 0.3) is 10.4 Å². The summed E-state index contributed by atoms with van der Waals surface area (Å²) < 4.78 is 5.54. The Hall–Kier alpha value is -1.67. The van der Waals surface area contributed by atoms with Crippen LogP contribution in [-0.4, -0.2) is 13.2 Å². The Morgan fingerprint density at radius 2 is 2.07 bits per heavy atom. The van der Waals surface area contributed by atoms with Gasteiger partial charge < -0.3 is 4.74 Å². The van der Waals surface area contributed by atoms with Crippen LogP contribution in [0.5, 0.6) is 5.75 Å². The quantitative estimate of drug-likeness (QED) is 0.322. The van der Waals surface area contributed by atoms with Crippen molar-refractivity contribution < 1.29 is 4.74 Å². The molecule has 1 rings (SSSR count). The van der Waals surface area contributed by atoms with Gasteiger partial charge in [0, 0.05) is 4.91 Å². The fraction of sp³-hybridized carbons (Fsp3) is 0.455. The highest BCUT2D eigenvalue weighted by molar-refractivity contribution is 5.41. The highest BCUT2D eigenvalue weighted by Crippen LogP contribution is 2.22. The lowest BCUT2D eigenvalue weighted by atomic mass is 10.1. The second kappa shape index (κ2) is 5.27. The Morgan fingerprint density at radius 3 is 2.73 bits per heavy atom. The van der Waals surface area contributed by atoms with Gasteiger partial charge >= 0.3 is 0 Å². The predicted octanol–water partition coefficient (Wildman–Crippen LogP) is 3.30. The Morgan fingerprint density at radius 1 is 1.33 bits per heavy atom. The highest BCUT2D eigenvalue weighted by atomic mass is 16.5. The van der Waals surface area contributed by atoms with E-state index >= 15 is 0 Å². The summed E-state index contributed by atoms with van der Waals surface area (Å²) >= 11 is 0. The summed E-state index contributed by atoms with van der Waals surface area (Å²) in [6.45, 7) is 6.91. The molecule has 1 aromatic carbocycles. The van der Waals surface area contributed by atoms with E-state index in [4.69, 9.17) is 10.3 Å². The van der Waals surface area contributed by atoms with Crippen molar-refractivity contribution in [1.82, 2.24) is 0 Å². The normalized spacial score (nSPS) is 9.53. The summed E-state index contributed by atoms with van der Waals surface area (Å²) in [6, 6.07) is 4.12. The molecule has 80 valence electrons. The molecule has 0 spiro atoms. The van der Waals surface area contributed by atoms with Crippen molar-refractivity contribution in [2.45, 2.75) is 20.8 Å². The zero-order valence-electron chi connectivity index (χ0n) is 9.32. The first kappa shape index (κ1) is 11.4. The van der Waals surface area contributed by atoms with Crippen LogP contribution < -0.4 is 4.74 Å². The Labute approximate surface area is 89.5 Å². The predicted molar refractivity (Wildman–Crippen MR) is 60.2 cm³/mol. The van der Waals surface area contributed by atoms with Crippen molar-refractivity contribution in [1.29, 1.82) is 0 Å². The zero-order valence-corrected chi connectivity index (χ0v) is 9.32. The van der Waals surface area contributed by atoms with Crippen LogP contribution in [0.1, 0.15) is 16.7 Å². The molecule has 1 aromatic rings. The summed E-state index contributed by atoms with van der Waals surface area (Å²) in [5.41, 5.74) is 11.6. The molecule has 0 fully saturated rings. The molecule has 0 aromatic heterocycles. The van der Waals surface area contributed by atoms with E-state index in [9.17, 15) is 0 Å². The average molecular weight is 205 g/mol. The Balaban J connectivity index is 2.72.